The first-order valence-corrected chi connectivity index (χ1v) is 10.1. The number of nitrogens with zero attached hydrogens (tertiary/aromatic N) is 2. The third-order valence-electron chi connectivity index (χ3n) is 4.97. The third kappa shape index (κ3) is 4.08. The number of aliphatic imine (C=N–C) groups is 1. The summed E-state index contributed by atoms with van der Waals surface area (Å²) in [5, 5.41) is 3.31. The molecule has 1 fully saturated rings. The van der Waals surface area contributed by atoms with Crippen molar-refractivity contribution in [3.8, 4) is 5.75 Å². The Bertz CT molecular complexity index is 849. The number of carbonyl (C=O) groups is 1. The van der Waals surface area contributed by atoms with Gasteiger partial charge in [0.2, 0.25) is 0 Å². The molecule has 28 heavy (non-hydrogen) atoms. The van der Waals surface area contributed by atoms with Gasteiger partial charge < -0.3 is 19.7 Å². The molecule has 0 bridgehead atoms. The largest absolute Gasteiger partial charge is 0.466 e. The van der Waals surface area contributed by atoms with Crippen molar-refractivity contribution in [3.63, 3.8) is 0 Å². The van der Waals surface area contributed by atoms with Crippen LogP contribution in [-0.2, 0) is 9.53 Å². The number of hydrogen-bond acceptors (Lipinski definition) is 6. The number of hydrogen-bond donors (Lipinski definition) is 1. The van der Waals surface area contributed by atoms with Gasteiger partial charge in [-0.25, -0.2) is 4.99 Å². The van der Waals surface area contributed by atoms with E-state index in [1.54, 1.807) is 0 Å². The molecular weight excluding hydrogens is 378 g/mol. The topological polar surface area (TPSA) is 63.2 Å². The van der Waals surface area contributed by atoms with Gasteiger partial charge in [0.15, 0.2) is 0 Å². The van der Waals surface area contributed by atoms with E-state index in [1.807, 2.05) is 43.3 Å². The standard InChI is InChI=1S/C21H24ClN3O3/c1-2-27-20(26)12-15-13-25(10-9-23-15)21-16-5-3-4-6-18(16)28-19-8-7-14(22)11-17(19)24-21/h3-6,8,11,14-15,23H,2,7,9-10,12-13H2,1H3/t14?,15-/m0/s1. The molecule has 1 saturated heterocycles. The van der Waals surface area contributed by atoms with Gasteiger partial charge in [0, 0.05) is 25.7 Å². The highest BCUT2D eigenvalue weighted by atomic mass is 35.5. The maximum atomic E-state index is 11.9. The number of alkyl halides is 1. The van der Waals surface area contributed by atoms with Crippen LogP contribution in [0.25, 0.3) is 0 Å². The molecule has 0 saturated carbocycles. The summed E-state index contributed by atoms with van der Waals surface area (Å²) in [6.07, 6.45) is 5.01. The molecule has 4 rings (SSSR count). The quantitative estimate of drug-likeness (QED) is 0.623. The van der Waals surface area contributed by atoms with Crippen molar-refractivity contribution in [1.82, 2.24) is 10.2 Å². The van der Waals surface area contributed by atoms with Crippen LogP contribution in [0.2, 0.25) is 0 Å². The van der Waals surface area contributed by atoms with Crippen LogP contribution < -0.4 is 10.1 Å². The van der Waals surface area contributed by atoms with E-state index >= 15 is 0 Å². The summed E-state index contributed by atoms with van der Waals surface area (Å²) in [5.74, 6) is 2.20. The highest BCUT2D eigenvalue weighted by molar-refractivity contribution is 6.22. The van der Waals surface area contributed by atoms with Crippen LogP contribution in [0.15, 0.2) is 52.9 Å². The molecule has 0 amide bonds. The molecule has 3 aliphatic rings. The highest BCUT2D eigenvalue weighted by Gasteiger charge is 2.29. The summed E-state index contributed by atoms with van der Waals surface area (Å²) < 4.78 is 11.3. The average Bonchev–Trinajstić information content (AvgIpc) is 2.85. The molecule has 1 unspecified atom stereocenters. The van der Waals surface area contributed by atoms with Crippen molar-refractivity contribution in [2.24, 2.45) is 4.99 Å². The minimum atomic E-state index is -0.182. The zero-order chi connectivity index (χ0) is 19.5. The van der Waals surface area contributed by atoms with Crippen molar-refractivity contribution in [2.45, 2.75) is 31.2 Å². The number of fused-ring (bicyclic) bond motifs is 2. The van der Waals surface area contributed by atoms with Crippen molar-refractivity contribution in [1.29, 1.82) is 0 Å². The van der Waals surface area contributed by atoms with Gasteiger partial charge >= 0.3 is 5.97 Å². The molecule has 1 aliphatic carbocycles. The van der Waals surface area contributed by atoms with Gasteiger partial charge in [-0.05, 0) is 37.6 Å². The zero-order valence-electron chi connectivity index (χ0n) is 15.9. The van der Waals surface area contributed by atoms with Crippen LogP contribution in [0.1, 0.15) is 25.3 Å². The number of halogens is 1. The Morgan fingerprint density at radius 1 is 1.43 bits per heavy atom. The predicted molar refractivity (Wildman–Crippen MR) is 109 cm³/mol. The molecule has 1 N–H and O–H groups in total. The highest BCUT2D eigenvalue weighted by Crippen LogP contribution is 2.33. The number of amidine groups is 1. The minimum absolute atomic E-state index is 0.0166. The van der Waals surface area contributed by atoms with Crippen molar-refractivity contribution in [2.75, 3.05) is 26.2 Å². The number of nitrogens with one attached hydrogen (secondary N) is 1. The lowest BCUT2D eigenvalue weighted by Gasteiger charge is -2.35. The monoisotopic (exact) mass is 401 g/mol. The number of ether oxygens (including phenoxy) is 2. The Morgan fingerprint density at radius 2 is 2.29 bits per heavy atom. The molecule has 0 radical (unpaired) electrons. The third-order valence-corrected chi connectivity index (χ3v) is 5.27. The maximum absolute atomic E-state index is 11.9. The number of allylic oxidation sites excluding steroid dienone is 2. The van der Waals surface area contributed by atoms with E-state index in [2.05, 4.69) is 10.2 Å². The van der Waals surface area contributed by atoms with Crippen LogP contribution in [-0.4, -0.2) is 54.4 Å². The summed E-state index contributed by atoms with van der Waals surface area (Å²) in [6, 6.07) is 7.94. The molecule has 1 aromatic rings. The molecule has 2 aliphatic heterocycles. The number of benzene rings is 1. The van der Waals surface area contributed by atoms with Crippen LogP contribution in [0.5, 0.6) is 5.75 Å². The maximum Gasteiger partial charge on any atom is 0.307 e. The van der Waals surface area contributed by atoms with Crippen LogP contribution >= 0.6 is 11.6 Å². The molecular formula is C21H24ClN3O3. The summed E-state index contributed by atoms with van der Waals surface area (Å²) in [6.45, 7) is 4.45. The lowest BCUT2D eigenvalue weighted by molar-refractivity contribution is -0.143. The van der Waals surface area contributed by atoms with Crippen LogP contribution in [0.4, 0.5) is 0 Å². The van der Waals surface area contributed by atoms with E-state index in [1.165, 1.54) is 0 Å². The summed E-state index contributed by atoms with van der Waals surface area (Å²) in [7, 11) is 0. The van der Waals surface area contributed by atoms with E-state index in [0.717, 1.165) is 48.1 Å². The summed E-state index contributed by atoms with van der Waals surface area (Å²) >= 11 is 6.32. The first-order valence-electron chi connectivity index (χ1n) is 9.70. The Kier molecular flexibility index (Phi) is 5.69. The van der Waals surface area contributed by atoms with Gasteiger partial charge in [0.25, 0.3) is 0 Å². The predicted octanol–water partition coefficient (Wildman–Crippen LogP) is 2.83. The Balaban J connectivity index is 1.64. The van der Waals surface area contributed by atoms with E-state index in [0.29, 0.717) is 19.6 Å². The fourth-order valence-electron chi connectivity index (χ4n) is 3.68. The minimum Gasteiger partial charge on any atom is -0.466 e. The Hall–Kier alpha value is -2.31. The smallest absolute Gasteiger partial charge is 0.307 e. The summed E-state index contributed by atoms with van der Waals surface area (Å²) in [5.41, 5.74) is 1.71. The van der Waals surface area contributed by atoms with Gasteiger partial charge in [0.1, 0.15) is 23.0 Å². The zero-order valence-corrected chi connectivity index (χ0v) is 16.6. The number of carbonyl (C=O) groups excluding carboxylic acids is 1. The molecule has 148 valence electrons. The van der Waals surface area contributed by atoms with Crippen molar-refractivity contribution >= 4 is 23.4 Å². The van der Waals surface area contributed by atoms with Crippen LogP contribution in [0, 0.1) is 0 Å². The van der Waals surface area contributed by atoms with Gasteiger partial charge in [0.05, 0.1) is 24.0 Å². The molecule has 2 atom stereocenters. The van der Waals surface area contributed by atoms with Gasteiger partial charge in [-0.1, -0.05) is 12.1 Å². The van der Waals surface area contributed by atoms with Gasteiger partial charge in [-0.3, -0.25) is 4.79 Å². The lowest BCUT2D eigenvalue weighted by atomic mass is 10.1. The van der Waals surface area contributed by atoms with E-state index < -0.39 is 0 Å². The SMILES string of the molecule is CCOC(=O)C[C@H]1CN(C2=NC3=CC(Cl)CC=C3Oc3ccccc32)CCN1. The summed E-state index contributed by atoms with van der Waals surface area (Å²) in [4.78, 5) is 19.1. The normalized spacial score (nSPS) is 23.9. The van der Waals surface area contributed by atoms with E-state index in [4.69, 9.17) is 26.1 Å². The number of rotatable bonds is 3. The molecule has 2 heterocycles. The molecule has 6 nitrogen and oxygen atoms in total. The van der Waals surface area contributed by atoms with Crippen LogP contribution in [0.3, 0.4) is 0 Å². The van der Waals surface area contributed by atoms with Crippen molar-refractivity contribution < 1.29 is 14.3 Å². The number of piperazine rings is 1. The van der Waals surface area contributed by atoms with E-state index in [9.17, 15) is 4.79 Å². The fourth-order valence-corrected chi connectivity index (χ4v) is 3.89. The lowest BCUT2D eigenvalue weighted by Crippen LogP contribution is -2.53. The second kappa shape index (κ2) is 8.37. The van der Waals surface area contributed by atoms with Gasteiger partial charge in [-0.2, -0.15) is 0 Å². The van der Waals surface area contributed by atoms with Crippen molar-refractivity contribution in [3.05, 3.63) is 53.4 Å². The Morgan fingerprint density at radius 3 is 3.14 bits per heavy atom. The van der Waals surface area contributed by atoms with E-state index in [-0.39, 0.29) is 17.4 Å². The molecule has 0 aromatic heterocycles. The first-order chi connectivity index (χ1) is 13.6. The second-order valence-electron chi connectivity index (χ2n) is 7.01. The number of esters is 1. The number of para-hydroxylation sites is 1. The fraction of sp³-hybridized carbons (Fsp3) is 0.429. The first kappa shape index (κ1) is 19.0. The average molecular weight is 402 g/mol. The molecule has 1 aromatic carbocycles. The Labute approximate surface area is 169 Å². The van der Waals surface area contributed by atoms with Gasteiger partial charge in [-0.15, -0.1) is 11.6 Å². The molecule has 7 heteroatoms. The molecule has 0 spiro atoms. The second-order valence-corrected chi connectivity index (χ2v) is 7.57.